The summed E-state index contributed by atoms with van der Waals surface area (Å²) in [5, 5.41) is 0. The van der Waals surface area contributed by atoms with Crippen LogP contribution in [0.2, 0.25) is 0 Å². The number of rotatable bonds is 2. The van der Waals surface area contributed by atoms with E-state index >= 15 is 0 Å². The summed E-state index contributed by atoms with van der Waals surface area (Å²) >= 11 is 0. The molecule has 0 saturated carbocycles. The zero-order valence-corrected chi connectivity index (χ0v) is 14.1. The van der Waals surface area contributed by atoms with Crippen LogP contribution in [-0.2, 0) is 4.74 Å². The van der Waals surface area contributed by atoms with Gasteiger partial charge in [0, 0.05) is 20.1 Å². The van der Waals surface area contributed by atoms with Gasteiger partial charge >= 0.3 is 6.09 Å². The molecule has 1 aliphatic rings. The van der Waals surface area contributed by atoms with Crippen molar-refractivity contribution in [3.05, 3.63) is 17.8 Å². The molecule has 1 aromatic rings. The van der Waals surface area contributed by atoms with Gasteiger partial charge in [-0.15, -0.1) is 0 Å². The summed E-state index contributed by atoms with van der Waals surface area (Å²) in [6.07, 6.45) is 2.30. The molecule has 1 atom stereocenters. The highest BCUT2D eigenvalue weighted by molar-refractivity contribution is 5.68. The first-order valence-corrected chi connectivity index (χ1v) is 7.60. The number of nitrogens with zero attached hydrogens (tertiary/aromatic N) is 3. The summed E-state index contributed by atoms with van der Waals surface area (Å²) in [5.74, 6) is 0.939. The number of nitrogen functional groups attached to an aromatic ring is 1. The summed E-state index contributed by atoms with van der Waals surface area (Å²) in [6, 6.07) is 2.06. The topological polar surface area (TPSA) is 71.7 Å². The summed E-state index contributed by atoms with van der Waals surface area (Å²) < 4.78 is 5.43. The number of carbonyl (C=O) groups excluding carboxylic acids is 1. The van der Waals surface area contributed by atoms with E-state index in [0.29, 0.717) is 5.69 Å². The van der Waals surface area contributed by atoms with Crippen LogP contribution in [0.15, 0.2) is 12.3 Å². The van der Waals surface area contributed by atoms with Gasteiger partial charge in [-0.25, -0.2) is 9.78 Å². The van der Waals surface area contributed by atoms with E-state index in [1.54, 1.807) is 18.1 Å². The molecule has 0 aromatic carbocycles. The molecule has 1 aromatic heterocycles. The molecule has 6 heteroatoms. The van der Waals surface area contributed by atoms with Crippen LogP contribution in [-0.4, -0.2) is 47.8 Å². The second kappa shape index (κ2) is 6.02. The van der Waals surface area contributed by atoms with E-state index in [4.69, 9.17) is 10.5 Å². The number of carbonyl (C=O) groups is 1. The standard InChI is InChI=1S/C16H26N4O2/c1-11-8-12(17)9-18-14(11)20-7-6-13(10-20)19(5)15(21)22-16(2,3)4/h8-9,13H,6-7,10,17H2,1-5H3/t13-/m0/s1. The first-order valence-electron chi connectivity index (χ1n) is 7.60. The van der Waals surface area contributed by atoms with E-state index < -0.39 is 5.60 Å². The van der Waals surface area contributed by atoms with Crippen molar-refractivity contribution in [1.82, 2.24) is 9.88 Å². The van der Waals surface area contributed by atoms with E-state index in [2.05, 4.69) is 9.88 Å². The van der Waals surface area contributed by atoms with E-state index in [9.17, 15) is 4.79 Å². The van der Waals surface area contributed by atoms with Crippen molar-refractivity contribution in [3.63, 3.8) is 0 Å². The Labute approximate surface area is 132 Å². The molecule has 2 heterocycles. The van der Waals surface area contributed by atoms with Gasteiger partial charge in [0.15, 0.2) is 0 Å². The predicted molar refractivity (Wildman–Crippen MR) is 88.0 cm³/mol. The van der Waals surface area contributed by atoms with E-state index in [0.717, 1.165) is 30.9 Å². The molecule has 1 fully saturated rings. The van der Waals surface area contributed by atoms with Gasteiger partial charge in [-0.05, 0) is 45.7 Å². The molecule has 6 nitrogen and oxygen atoms in total. The maximum absolute atomic E-state index is 12.2. The molecule has 1 aliphatic heterocycles. The number of anilines is 2. The zero-order chi connectivity index (χ0) is 16.5. The maximum atomic E-state index is 12.2. The number of aryl methyl sites for hydroxylation is 1. The van der Waals surface area contributed by atoms with E-state index in [-0.39, 0.29) is 12.1 Å². The number of hydrogen-bond donors (Lipinski definition) is 1. The molecule has 0 radical (unpaired) electrons. The van der Waals surface area contributed by atoms with Crippen molar-refractivity contribution in [2.24, 2.45) is 0 Å². The van der Waals surface area contributed by atoms with Crippen LogP contribution in [0.3, 0.4) is 0 Å². The van der Waals surface area contributed by atoms with Gasteiger partial charge in [-0.1, -0.05) is 0 Å². The number of hydrogen-bond acceptors (Lipinski definition) is 5. The Morgan fingerprint density at radius 1 is 1.50 bits per heavy atom. The Morgan fingerprint density at radius 2 is 2.18 bits per heavy atom. The highest BCUT2D eigenvalue weighted by Gasteiger charge is 2.31. The quantitative estimate of drug-likeness (QED) is 0.908. The minimum atomic E-state index is -0.473. The molecule has 2 N–H and O–H groups in total. The average Bonchev–Trinajstić information content (AvgIpc) is 2.85. The Bertz CT molecular complexity index is 554. The molecule has 0 unspecified atom stereocenters. The number of nitrogens with two attached hydrogens (primary N) is 1. The average molecular weight is 306 g/mol. The van der Waals surface area contributed by atoms with Gasteiger partial charge in [0.1, 0.15) is 11.4 Å². The molecule has 2 rings (SSSR count). The summed E-state index contributed by atoms with van der Waals surface area (Å²) in [4.78, 5) is 20.5. The molecule has 1 saturated heterocycles. The van der Waals surface area contributed by atoms with Gasteiger partial charge in [0.25, 0.3) is 0 Å². The second-order valence-electron chi connectivity index (χ2n) is 6.89. The van der Waals surface area contributed by atoms with Crippen molar-refractivity contribution in [3.8, 4) is 0 Å². The van der Waals surface area contributed by atoms with Gasteiger partial charge in [0.05, 0.1) is 17.9 Å². The number of likely N-dealkylation sites (N-methyl/N-ethyl adjacent to an activating group) is 1. The lowest BCUT2D eigenvalue weighted by molar-refractivity contribution is 0.0238. The normalized spacial score (nSPS) is 18.4. The molecular formula is C16H26N4O2. The Balaban J connectivity index is 2.01. The fourth-order valence-electron chi connectivity index (χ4n) is 2.65. The van der Waals surface area contributed by atoms with E-state index in [1.165, 1.54) is 0 Å². The summed E-state index contributed by atoms with van der Waals surface area (Å²) in [6.45, 7) is 9.26. The molecule has 0 spiro atoms. The summed E-state index contributed by atoms with van der Waals surface area (Å²) in [5.41, 5.74) is 7.00. The minimum absolute atomic E-state index is 0.133. The number of pyridine rings is 1. The predicted octanol–water partition coefficient (Wildman–Crippen LogP) is 2.42. The number of aromatic nitrogens is 1. The van der Waals surface area contributed by atoms with Crippen LogP contribution in [0, 0.1) is 6.92 Å². The van der Waals surface area contributed by atoms with Crippen LogP contribution in [0.1, 0.15) is 32.8 Å². The van der Waals surface area contributed by atoms with E-state index in [1.807, 2.05) is 33.8 Å². The van der Waals surface area contributed by atoms with Gasteiger partial charge in [-0.3, -0.25) is 0 Å². The molecule has 22 heavy (non-hydrogen) atoms. The molecule has 0 bridgehead atoms. The highest BCUT2D eigenvalue weighted by atomic mass is 16.6. The van der Waals surface area contributed by atoms with Crippen molar-refractivity contribution in [2.45, 2.75) is 45.8 Å². The van der Waals surface area contributed by atoms with Crippen LogP contribution in [0.4, 0.5) is 16.3 Å². The van der Waals surface area contributed by atoms with Gasteiger partial charge < -0.3 is 20.3 Å². The largest absolute Gasteiger partial charge is 0.444 e. The van der Waals surface area contributed by atoms with Crippen molar-refractivity contribution < 1.29 is 9.53 Å². The third-order valence-corrected chi connectivity index (χ3v) is 3.76. The number of ether oxygens (including phenoxy) is 1. The SMILES string of the molecule is Cc1cc(N)cnc1N1CC[C@H](N(C)C(=O)OC(C)(C)C)C1. The lowest BCUT2D eigenvalue weighted by Gasteiger charge is -2.28. The Morgan fingerprint density at radius 3 is 2.77 bits per heavy atom. The van der Waals surface area contributed by atoms with Gasteiger partial charge in [0.2, 0.25) is 0 Å². The van der Waals surface area contributed by atoms with Gasteiger partial charge in [-0.2, -0.15) is 0 Å². The first-order chi connectivity index (χ1) is 10.2. The second-order valence-corrected chi connectivity index (χ2v) is 6.89. The Hall–Kier alpha value is -1.98. The van der Waals surface area contributed by atoms with Crippen molar-refractivity contribution in [1.29, 1.82) is 0 Å². The lowest BCUT2D eigenvalue weighted by Crippen LogP contribution is -2.42. The molecule has 1 amide bonds. The van der Waals surface area contributed by atoms with Crippen LogP contribution in [0.25, 0.3) is 0 Å². The molecular weight excluding hydrogens is 280 g/mol. The fourth-order valence-corrected chi connectivity index (χ4v) is 2.65. The van der Waals surface area contributed by atoms with Crippen molar-refractivity contribution in [2.75, 3.05) is 30.8 Å². The first kappa shape index (κ1) is 16.4. The smallest absolute Gasteiger partial charge is 0.410 e. The van der Waals surface area contributed by atoms with Crippen LogP contribution < -0.4 is 10.6 Å². The highest BCUT2D eigenvalue weighted by Crippen LogP contribution is 2.25. The summed E-state index contributed by atoms with van der Waals surface area (Å²) in [7, 11) is 1.80. The fraction of sp³-hybridized carbons (Fsp3) is 0.625. The third kappa shape index (κ3) is 3.81. The minimum Gasteiger partial charge on any atom is -0.444 e. The third-order valence-electron chi connectivity index (χ3n) is 3.76. The lowest BCUT2D eigenvalue weighted by atomic mass is 10.2. The maximum Gasteiger partial charge on any atom is 0.410 e. The number of amides is 1. The molecule has 0 aliphatic carbocycles. The molecule has 122 valence electrons. The van der Waals surface area contributed by atoms with Crippen LogP contribution in [0.5, 0.6) is 0 Å². The zero-order valence-electron chi connectivity index (χ0n) is 14.1. The monoisotopic (exact) mass is 306 g/mol. The van der Waals surface area contributed by atoms with Crippen LogP contribution >= 0.6 is 0 Å². The van der Waals surface area contributed by atoms with Crippen molar-refractivity contribution >= 4 is 17.6 Å². The Kier molecular flexibility index (Phi) is 4.49.